The molecular weight excluding hydrogens is 2050 g/mol. The van der Waals surface area contributed by atoms with Crippen LogP contribution in [-0.4, -0.2) is 128 Å². The van der Waals surface area contributed by atoms with Gasteiger partial charge in [-0.05, 0) is 219 Å². The third-order valence-corrected chi connectivity index (χ3v) is 16.2. The molecule has 121 heavy (non-hydrogen) atoms. The van der Waals surface area contributed by atoms with Gasteiger partial charge >= 0.3 is 12.4 Å². The van der Waals surface area contributed by atoms with E-state index in [2.05, 4.69) is 89.5 Å². The van der Waals surface area contributed by atoms with Gasteiger partial charge in [0.15, 0.2) is 15.3 Å². The Morgan fingerprint density at radius 1 is 0.314 bits per heavy atom. The van der Waals surface area contributed by atoms with Crippen molar-refractivity contribution in [3.8, 4) is 57.5 Å². The van der Waals surface area contributed by atoms with Gasteiger partial charge < -0.3 is 71.6 Å². The van der Waals surface area contributed by atoms with Crippen molar-refractivity contribution in [2.75, 3.05) is 99.1 Å². The first-order chi connectivity index (χ1) is 56.9. The van der Waals surface area contributed by atoms with Crippen LogP contribution in [0, 0.1) is 20.8 Å². The number of nitrogens with zero attached hydrogens (tertiary/aromatic N) is 5. The standard InChI is InChI=1S/C16H20Br2ClNO3.C16H17BrCl2F3NO3.C16H20BrClFNO3.C16H17Cl2F4NO3.C16H20Cl2FNO3/c1-11(2)20-23-7-4-6-22-16-12(3)9-13(10-14(16)19)21-8-5-15(17)18;1-10(2)23-26-6-3-5-25-15-12(16(20,21)22)8-11(9-13(15)18)24-7-4-14(17)19;1-11(2)20-23-7-4-6-22-16-12(3)9-13(10-14(16)18)21-8-5-15(17)19;1-10(2)23-26-6-3-5-25-15-12(16(20,21)22)8-11(9-13(15)17)24-7-4-14(18)19;1-11(2)20-23-7-4-6-22-16-12(3)9-13(10-14(16)17)21-8-5-15(18)19/h5,9-10H,4,6-8H2,1-3H3;4,8-9H,3,5-7H2,1-2H3;5,9-10H,4,6-8H2,1-3H3;4,8-9H,3,5-7H2,1-2H3;5,9-10H,4,6-8H2,1-3H3/b;14-4+;15-5-;14-4-;15-5-. The van der Waals surface area contributed by atoms with Crippen molar-refractivity contribution in [2.24, 2.45) is 25.8 Å². The topological polar surface area (TPSA) is 200 Å². The minimum Gasteiger partial charge on any atom is -0.492 e. The number of aryl methyl sites for hydroxylation is 3. The first kappa shape index (κ1) is 113. The van der Waals surface area contributed by atoms with Crippen LogP contribution in [0.1, 0.15) is 129 Å². The third-order valence-electron chi connectivity index (χ3n) is 13.1. The first-order valence-electron chi connectivity index (χ1n) is 36.1. The molecule has 0 radical (unpaired) electrons. The molecule has 20 nitrogen and oxygen atoms in total. The van der Waals surface area contributed by atoms with Gasteiger partial charge in [-0.25, -0.2) is 0 Å². The number of benzene rings is 5. The summed E-state index contributed by atoms with van der Waals surface area (Å²) in [6, 6.07) is 14.4. The monoisotopic (exact) mass is 2130 g/mol. The highest BCUT2D eigenvalue weighted by Crippen LogP contribution is 2.45. The first-order valence-corrected chi connectivity index (χ1v) is 42.3. The van der Waals surface area contributed by atoms with Gasteiger partial charge in [0.05, 0.1) is 94.0 Å². The highest BCUT2D eigenvalue weighted by Gasteiger charge is 2.38. The van der Waals surface area contributed by atoms with E-state index in [1.807, 2.05) is 74.5 Å². The summed E-state index contributed by atoms with van der Waals surface area (Å²) in [4.78, 5) is 25.2. The fraction of sp³-hybridized carbons (Fsp3) is 0.438. The van der Waals surface area contributed by atoms with Gasteiger partial charge in [-0.2, -0.15) is 39.5 Å². The smallest absolute Gasteiger partial charge is 0.420 e. The van der Waals surface area contributed by atoms with E-state index in [1.54, 1.807) is 58.0 Å². The maximum atomic E-state index is 13.3. The van der Waals surface area contributed by atoms with Crippen molar-refractivity contribution in [1.82, 2.24) is 0 Å². The summed E-state index contributed by atoms with van der Waals surface area (Å²) >= 11 is 58.4. The molecule has 676 valence electrons. The average molecular weight is 2140 g/mol. The highest BCUT2D eigenvalue weighted by molar-refractivity contribution is 9.28. The number of alkyl halides is 6. The van der Waals surface area contributed by atoms with Gasteiger partial charge in [-0.3, -0.25) is 0 Å². The van der Waals surface area contributed by atoms with Gasteiger partial charge in [-0.1, -0.05) is 119 Å². The fourth-order valence-corrected chi connectivity index (χ4v) is 10.5. The van der Waals surface area contributed by atoms with Gasteiger partial charge in [0.1, 0.15) is 135 Å². The minimum atomic E-state index is -4.72. The number of oxime groups is 5. The second kappa shape index (κ2) is 63.6. The summed E-state index contributed by atoms with van der Waals surface area (Å²) in [5, 5.41) is 18.0. The van der Waals surface area contributed by atoms with Gasteiger partial charge in [0.25, 0.3) is 0 Å². The zero-order valence-corrected chi connectivity index (χ0v) is 80.5. The predicted octanol–water partition coefficient (Wildman–Crippen LogP) is 28.9. The Hall–Kier alpha value is -6.24. The molecule has 0 heterocycles. The van der Waals surface area contributed by atoms with Crippen molar-refractivity contribution in [2.45, 2.75) is 134 Å². The number of rotatable bonds is 45. The Labute approximate surface area is 773 Å². The Kier molecular flexibility index (Phi) is 59.3. The van der Waals surface area contributed by atoms with Crippen molar-refractivity contribution in [1.29, 1.82) is 0 Å². The van der Waals surface area contributed by atoms with E-state index < -0.39 is 50.3 Å². The van der Waals surface area contributed by atoms with Crippen LogP contribution in [0.5, 0.6) is 57.5 Å². The quantitative estimate of drug-likeness (QED) is 0.0154. The lowest BCUT2D eigenvalue weighted by Gasteiger charge is -2.17. The van der Waals surface area contributed by atoms with Gasteiger partial charge in [0, 0.05) is 74.6 Å². The molecule has 0 saturated carbocycles. The van der Waals surface area contributed by atoms with E-state index in [1.165, 1.54) is 18.2 Å². The summed E-state index contributed by atoms with van der Waals surface area (Å²) in [6.07, 6.45) is -0.0636. The molecule has 0 atom stereocenters. The molecule has 0 bridgehead atoms. The molecule has 0 fully saturated rings. The van der Waals surface area contributed by atoms with Gasteiger partial charge in [-0.15, -0.1) is 0 Å². The van der Waals surface area contributed by atoms with Crippen molar-refractivity contribution < 1.29 is 111 Å². The molecule has 0 aromatic heterocycles. The van der Waals surface area contributed by atoms with E-state index in [-0.39, 0.29) is 78.3 Å². The fourth-order valence-electron chi connectivity index (χ4n) is 8.28. The molecular formula is C80H94Br4Cl8F9N5O15. The summed E-state index contributed by atoms with van der Waals surface area (Å²) in [6.45, 7) is 27.3. The van der Waals surface area contributed by atoms with Crippen molar-refractivity contribution >= 4 is 185 Å². The third kappa shape index (κ3) is 55.0. The highest BCUT2D eigenvalue weighted by atomic mass is 79.9. The van der Waals surface area contributed by atoms with Gasteiger partial charge in [0.2, 0.25) is 0 Å². The van der Waals surface area contributed by atoms with Crippen LogP contribution in [0.4, 0.5) is 39.5 Å². The van der Waals surface area contributed by atoms with Crippen LogP contribution in [0.25, 0.3) is 0 Å². The predicted molar refractivity (Wildman–Crippen MR) is 480 cm³/mol. The average Bonchev–Trinajstić information content (AvgIpc) is 0.803. The lowest BCUT2D eigenvalue weighted by molar-refractivity contribution is -0.139. The number of hydrogen-bond donors (Lipinski definition) is 0. The summed E-state index contributed by atoms with van der Waals surface area (Å²) < 4.78 is 172. The Morgan fingerprint density at radius 2 is 0.537 bits per heavy atom. The molecule has 41 heteroatoms. The Morgan fingerprint density at radius 3 is 0.752 bits per heavy atom. The second-order valence-corrected chi connectivity index (χ2v) is 33.1. The lowest BCUT2D eigenvalue weighted by atomic mass is 10.1. The molecule has 5 aromatic rings. The molecule has 0 amide bonds. The number of hydrogen-bond acceptors (Lipinski definition) is 20. The van der Waals surface area contributed by atoms with E-state index >= 15 is 0 Å². The zero-order valence-electron chi connectivity index (χ0n) is 68.1. The number of ether oxygens (including phenoxy) is 10. The Balaban J connectivity index is 0.000000757. The van der Waals surface area contributed by atoms with Crippen LogP contribution in [0.15, 0.2) is 139 Å². The zero-order chi connectivity index (χ0) is 91.2. The van der Waals surface area contributed by atoms with E-state index in [9.17, 15) is 39.5 Å². The minimum absolute atomic E-state index is 0.0107. The van der Waals surface area contributed by atoms with Crippen LogP contribution >= 0.6 is 157 Å². The SMILES string of the molecule is CC(C)=NOCCCOc1c(C)cc(OC/C=C(\F)Br)cc1Cl.CC(C)=NOCCCOc1c(C)cc(OC/C=C(\F)Cl)cc1Cl.CC(C)=NOCCCOc1c(C)cc(OCC=C(Br)Br)cc1Cl.CC(C)=NOCCCOc1c(Cl)cc(OC/C=C(/Cl)Br)cc1C(F)(F)F.CC(C)=NOCCCOc1c(Cl)cc(OC/C=C(\F)Cl)cc1C(F)(F)F. The van der Waals surface area contributed by atoms with Crippen LogP contribution in [-0.2, 0) is 36.5 Å². The second-order valence-electron chi connectivity index (χ2n) is 25.1. The van der Waals surface area contributed by atoms with E-state index in [0.29, 0.717) is 127 Å². The largest absolute Gasteiger partial charge is 0.492 e. The maximum absolute atomic E-state index is 13.3. The molecule has 0 unspecified atom stereocenters. The molecule has 0 aliphatic rings. The summed E-state index contributed by atoms with van der Waals surface area (Å²) in [5.41, 5.74) is 4.56. The molecule has 5 aromatic carbocycles. The van der Waals surface area contributed by atoms with Crippen molar-refractivity contribution in [3.63, 3.8) is 0 Å². The molecule has 5 rings (SSSR count). The Bertz CT molecular complexity index is 3840. The van der Waals surface area contributed by atoms with E-state index in [0.717, 1.165) is 79.7 Å². The van der Waals surface area contributed by atoms with Crippen LogP contribution in [0.2, 0.25) is 25.1 Å². The van der Waals surface area contributed by atoms with E-state index in [4.69, 9.17) is 164 Å². The van der Waals surface area contributed by atoms with Crippen molar-refractivity contribution in [3.05, 3.63) is 167 Å². The summed E-state index contributed by atoms with van der Waals surface area (Å²) in [7, 11) is 0. The molecule has 0 aliphatic carbocycles. The van der Waals surface area contributed by atoms with Crippen LogP contribution < -0.4 is 47.4 Å². The van der Waals surface area contributed by atoms with Crippen LogP contribution in [0.3, 0.4) is 0 Å². The number of halogens is 21. The molecule has 0 aliphatic heterocycles. The summed E-state index contributed by atoms with van der Waals surface area (Å²) in [5.74, 6) is 2.44. The lowest BCUT2D eigenvalue weighted by Crippen LogP contribution is -2.11. The molecule has 0 saturated heterocycles. The normalized spacial score (nSPS) is 11.3. The molecule has 0 spiro atoms. The molecule has 0 N–H and O–H groups in total. The maximum Gasteiger partial charge on any atom is 0.420 e.